The van der Waals surface area contributed by atoms with Gasteiger partial charge in [-0.25, -0.2) is 33.9 Å². The van der Waals surface area contributed by atoms with Crippen LogP contribution in [-0.4, -0.2) is 195 Å². The summed E-state index contributed by atoms with van der Waals surface area (Å²) in [7, 11) is 0. The molecule has 0 aliphatic carbocycles. The molecule has 4 N–H and O–H groups in total. The van der Waals surface area contributed by atoms with E-state index in [2.05, 4.69) is 25.9 Å². The van der Waals surface area contributed by atoms with Crippen LogP contribution in [0.4, 0.5) is 54.1 Å². The summed E-state index contributed by atoms with van der Waals surface area (Å²) in [4.78, 5) is 106. The van der Waals surface area contributed by atoms with Crippen LogP contribution in [0.1, 0.15) is 99.1 Å². The number of anilines is 6. The Morgan fingerprint density at radius 2 is 1.09 bits per heavy atom. The number of urea groups is 1. The van der Waals surface area contributed by atoms with Gasteiger partial charge in [0.2, 0.25) is 11.9 Å². The quantitative estimate of drug-likeness (QED) is 0.0324. The number of amides is 5. The van der Waals surface area contributed by atoms with E-state index in [1.54, 1.807) is 114 Å². The summed E-state index contributed by atoms with van der Waals surface area (Å²) in [6.45, 7) is 25.0. The van der Waals surface area contributed by atoms with Gasteiger partial charge in [-0.1, -0.05) is 24.3 Å². The molecule has 6 heterocycles. The lowest BCUT2D eigenvalue weighted by Gasteiger charge is -2.29. The molecule has 0 unspecified atom stereocenters. The van der Waals surface area contributed by atoms with Gasteiger partial charge in [0.25, 0.3) is 0 Å². The number of hydrogen-bond acceptors (Lipinski definition) is 20. The van der Waals surface area contributed by atoms with Crippen LogP contribution in [0.25, 0.3) is 0 Å². The largest absolute Gasteiger partial charge is 0.480 e. The zero-order valence-corrected chi connectivity index (χ0v) is 54.1. The number of hydrogen-bond donors (Lipinski definition) is 4. The summed E-state index contributed by atoms with van der Waals surface area (Å²) in [5.41, 5.74) is 1.59. The number of likely N-dealkylation sites (tertiary alicyclic amines) is 2. The highest BCUT2D eigenvalue weighted by atomic mass is 35.5. The highest BCUT2D eigenvalue weighted by molar-refractivity contribution is 7.99. The van der Waals surface area contributed by atoms with Crippen molar-refractivity contribution in [3.05, 3.63) is 72.1 Å². The van der Waals surface area contributed by atoms with Gasteiger partial charge < -0.3 is 59.8 Å². The molecule has 0 saturated carbocycles. The molecule has 0 bridgehead atoms. The summed E-state index contributed by atoms with van der Waals surface area (Å²) in [5, 5.41) is 19.0. The predicted molar refractivity (Wildman–Crippen MR) is 345 cm³/mol. The molecule has 24 nitrogen and oxygen atoms in total. The zero-order chi connectivity index (χ0) is 63.0. The maximum atomic E-state index is 13.4. The Bertz CT molecular complexity index is 2860. The minimum absolute atomic E-state index is 0.141. The topological polar surface area (TPSA) is 261 Å². The first-order valence-electron chi connectivity index (χ1n) is 30.0. The van der Waals surface area contributed by atoms with Crippen LogP contribution in [-0.2, 0) is 27.2 Å². The Hall–Kier alpha value is -7.03. The standard InChI is InChI=1S/C29H41ClN6O5.C28H39N7O5S.C3H7NS/c1-7-34(8-2)27-31-19-23(36(9-3)26(30)38)24(33-27)32-22(25(37)41-29(4,5)6)18-20-12-14-21(15-13-20)40-28(39)35-16-10-11-17-35;1-4-32(5-2)26-29-18-23(35(6-3)27(38)34-15-16-41-19-34)24(31-26)30-22(25(36)37)17-20-9-11-21(12-10-20)40-28(39)33-13-7-8-14-33;1-2-5-3-4-1/h12-15,19,22H,7-11,16-18H2,1-6H3,(H,31,32,33);9-12,18,22H,4-8,13-17,19H2,1-3H3,(H,36,37)(H,29,30,31);4H,1-3H2/t2*22-;/m00./s1. The number of ether oxygens (including phenoxy) is 3. The molecule has 4 saturated heterocycles. The van der Waals surface area contributed by atoms with Crippen molar-refractivity contribution in [1.29, 1.82) is 0 Å². The van der Waals surface area contributed by atoms with E-state index < -0.39 is 35.0 Å². The van der Waals surface area contributed by atoms with Crippen molar-refractivity contribution >= 4 is 106 Å². The van der Waals surface area contributed by atoms with Crippen molar-refractivity contribution in [3.63, 3.8) is 0 Å². The number of carbonyl (C=O) groups is 6. The minimum atomic E-state index is -1.06. The minimum Gasteiger partial charge on any atom is -0.480 e. The second-order valence-corrected chi connectivity index (χ2v) is 24.1. The molecule has 4 aliphatic heterocycles. The highest BCUT2D eigenvalue weighted by Gasteiger charge is 2.32. The first-order valence-corrected chi connectivity index (χ1v) is 32.7. The summed E-state index contributed by atoms with van der Waals surface area (Å²) in [6, 6.07) is 11.8. The van der Waals surface area contributed by atoms with Crippen molar-refractivity contribution < 1.29 is 48.1 Å². The molecule has 4 aliphatic rings. The zero-order valence-electron chi connectivity index (χ0n) is 51.7. The van der Waals surface area contributed by atoms with E-state index in [0.717, 1.165) is 42.6 Å². The molecular formula is C60H87ClN14O10S2. The van der Waals surface area contributed by atoms with Crippen LogP contribution in [0.3, 0.4) is 0 Å². The lowest BCUT2D eigenvalue weighted by molar-refractivity contribution is -0.155. The fourth-order valence-corrected chi connectivity index (χ4v) is 11.5. The number of carboxylic acid groups (broad SMARTS) is 1. The van der Waals surface area contributed by atoms with Crippen LogP contribution >= 0.6 is 35.1 Å². The Labute approximate surface area is 525 Å². The number of nitrogens with zero attached hydrogens (tertiary/aromatic N) is 11. The lowest BCUT2D eigenvalue weighted by Crippen LogP contribution is -2.43. The SMILES string of the molecule is C1CSCN1.CCN(CC)c1ncc(N(CC)C(=O)Cl)c(N[C@@H](Cc2ccc(OC(=O)N3CCCC3)cc2)C(=O)OC(C)(C)C)n1.CCN(CC)c1ncc(N(CC)C(=O)N2CCSC2)c(N[C@@H](Cc2ccc(OC(=O)N3CCCC3)cc2)C(=O)O)n1. The van der Waals surface area contributed by atoms with Gasteiger partial charge in [0, 0.05) is 109 Å². The van der Waals surface area contributed by atoms with Crippen LogP contribution in [0, 0.1) is 0 Å². The molecule has 476 valence electrons. The number of halogens is 1. The number of carboxylic acids is 1. The summed E-state index contributed by atoms with van der Waals surface area (Å²) >= 11 is 9.53. The van der Waals surface area contributed by atoms with E-state index >= 15 is 0 Å². The smallest absolute Gasteiger partial charge is 0.415 e. The molecule has 2 aromatic carbocycles. The summed E-state index contributed by atoms with van der Waals surface area (Å²) in [6.07, 6.45) is 6.68. The Morgan fingerprint density at radius 1 is 0.632 bits per heavy atom. The van der Waals surface area contributed by atoms with E-state index in [-0.39, 0.29) is 49.2 Å². The van der Waals surface area contributed by atoms with E-state index in [1.165, 1.54) is 29.3 Å². The van der Waals surface area contributed by atoms with Gasteiger partial charge in [-0.2, -0.15) is 9.97 Å². The maximum Gasteiger partial charge on any atom is 0.415 e. The van der Waals surface area contributed by atoms with Crippen LogP contribution in [0.15, 0.2) is 60.9 Å². The number of carbonyl (C=O) groups excluding carboxylic acids is 5. The van der Waals surface area contributed by atoms with Gasteiger partial charge >= 0.3 is 35.5 Å². The maximum absolute atomic E-state index is 13.4. The highest BCUT2D eigenvalue weighted by Crippen LogP contribution is 2.31. The van der Waals surface area contributed by atoms with Gasteiger partial charge in [-0.3, -0.25) is 14.6 Å². The number of esters is 1. The third kappa shape index (κ3) is 20.8. The first kappa shape index (κ1) is 69.1. The molecule has 0 spiro atoms. The average Bonchev–Trinajstić information content (AvgIpc) is 2.72. The Morgan fingerprint density at radius 3 is 1.46 bits per heavy atom. The van der Waals surface area contributed by atoms with Gasteiger partial charge in [0.15, 0.2) is 11.6 Å². The van der Waals surface area contributed by atoms with E-state index in [4.69, 9.17) is 35.8 Å². The van der Waals surface area contributed by atoms with Crippen molar-refractivity contribution in [3.8, 4) is 11.5 Å². The molecular weight excluding hydrogens is 1180 g/mol. The van der Waals surface area contributed by atoms with E-state index in [0.29, 0.717) is 106 Å². The first-order chi connectivity index (χ1) is 41.8. The second kappa shape index (κ2) is 34.5. The predicted octanol–water partition coefficient (Wildman–Crippen LogP) is 9.73. The molecule has 0 radical (unpaired) electrons. The monoisotopic (exact) mass is 1260 g/mol. The van der Waals surface area contributed by atoms with Crippen LogP contribution in [0.2, 0.25) is 0 Å². The Balaban J connectivity index is 0.000000257. The number of aromatic nitrogens is 4. The molecule has 87 heavy (non-hydrogen) atoms. The van der Waals surface area contributed by atoms with Crippen molar-refractivity contribution in [2.24, 2.45) is 0 Å². The summed E-state index contributed by atoms with van der Waals surface area (Å²) in [5.74, 6) is 4.71. The molecule has 2 atom stereocenters. The lowest BCUT2D eigenvalue weighted by atomic mass is 10.0. The van der Waals surface area contributed by atoms with Crippen molar-refractivity contribution in [2.45, 2.75) is 119 Å². The molecule has 2 aromatic heterocycles. The normalized spacial score (nSPS) is 15.2. The van der Waals surface area contributed by atoms with Crippen LogP contribution < -0.4 is 45.0 Å². The number of benzene rings is 2. The average molecular weight is 1260 g/mol. The third-order valence-electron chi connectivity index (χ3n) is 14.4. The third-order valence-corrected chi connectivity index (χ3v) is 16.5. The van der Waals surface area contributed by atoms with Crippen molar-refractivity contribution in [1.82, 2.24) is 40.0 Å². The molecule has 4 fully saturated rings. The molecule has 5 amide bonds. The number of thioether (sulfide) groups is 2. The van der Waals surface area contributed by atoms with Gasteiger partial charge in [0.05, 0.1) is 18.3 Å². The van der Waals surface area contributed by atoms with E-state index in [1.807, 2.05) is 56.2 Å². The number of nitrogens with one attached hydrogen (secondary N) is 3. The molecule has 4 aromatic rings. The molecule has 8 rings (SSSR count). The Kier molecular flexibility index (Phi) is 27.4. The fourth-order valence-electron chi connectivity index (χ4n) is 9.64. The van der Waals surface area contributed by atoms with Gasteiger partial charge in [-0.05, 0) is 135 Å². The fraction of sp³-hybridized carbons (Fsp3) is 0.567. The number of aliphatic carboxylic acids is 1. The van der Waals surface area contributed by atoms with Gasteiger partial charge in [0.1, 0.15) is 40.6 Å². The van der Waals surface area contributed by atoms with Crippen molar-refractivity contribution in [2.75, 3.05) is 132 Å². The van der Waals surface area contributed by atoms with E-state index in [9.17, 15) is 33.9 Å². The summed E-state index contributed by atoms with van der Waals surface area (Å²) < 4.78 is 16.7. The molecule has 27 heteroatoms. The number of rotatable bonds is 22. The van der Waals surface area contributed by atoms with Crippen LogP contribution in [0.5, 0.6) is 11.5 Å². The van der Waals surface area contributed by atoms with Gasteiger partial charge in [-0.15, -0.1) is 23.5 Å². The second-order valence-electron chi connectivity index (χ2n) is 21.6.